The Labute approximate surface area is 121 Å². The van der Waals surface area contributed by atoms with Crippen molar-refractivity contribution in [1.82, 2.24) is 4.98 Å². The zero-order valence-corrected chi connectivity index (χ0v) is 12.0. The average molecular weight is 289 g/mol. The molecule has 0 fully saturated rings. The number of nitrogens with one attached hydrogen (secondary N) is 2. The quantitative estimate of drug-likeness (QED) is 0.853. The second kappa shape index (κ2) is 6.29. The Morgan fingerprint density at radius 1 is 1.15 bits per heavy atom. The molecule has 0 aliphatic carbocycles. The van der Waals surface area contributed by atoms with Crippen LogP contribution in [0.3, 0.4) is 0 Å². The molecule has 0 saturated heterocycles. The van der Waals surface area contributed by atoms with Gasteiger partial charge in [0.1, 0.15) is 0 Å². The van der Waals surface area contributed by atoms with Crippen molar-refractivity contribution in [3.63, 3.8) is 0 Å². The van der Waals surface area contributed by atoms with Gasteiger partial charge in [0.05, 0.1) is 0 Å². The Hall–Kier alpha value is -2.21. The normalized spacial score (nSPS) is 10.3. The maximum atomic E-state index is 11.9. The third-order valence-corrected chi connectivity index (χ3v) is 3.38. The second-order valence-electron chi connectivity index (χ2n) is 4.49. The molecule has 5 nitrogen and oxygen atoms in total. The molecule has 2 N–H and O–H groups in total. The monoisotopic (exact) mass is 289 g/mol. The number of anilines is 2. The van der Waals surface area contributed by atoms with Crippen molar-refractivity contribution >= 4 is 34.0 Å². The molecule has 0 atom stereocenters. The molecular formula is C14H15N3O2S. The summed E-state index contributed by atoms with van der Waals surface area (Å²) in [6.07, 6.45) is 1.56. The van der Waals surface area contributed by atoms with Crippen molar-refractivity contribution in [2.45, 2.75) is 19.8 Å². The first-order valence-corrected chi connectivity index (χ1v) is 7.06. The Kier molecular flexibility index (Phi) is 4.47. The summed E-state index contributed by atoms with van der Waals surface area (Å²) in [6.45, 7) is 4.06. The van der Waals surface area contributed by atoms with Gasteiger partial charge in [-0.2, -0.15) is 0 Å². The number of benzene rings is 1. The van der Waals surface area contributed by atoms with Crippen molar-refractivity contribution in [1.29, 1.82) is 0 Å². The molecule has 0 radical (unpaired) electrons. The minimum atomic E-state index is -0.724. The average Bonchev–Trinajstić information content (AvgIpc) is 2.91. The van der Waals surface area contributed by atoms with Crippen LogP contribution in [0.5, 0.6) is 0 Å². The first kappa shape index (κ1) is 14.2. The SMILES string of the molecule is CC(C)c1ccccc1NC(=O)C(=O)Nc1nccs1. The van der Waals surface area contributed by atoms with Crippen LogP contribution in [-0.2, 0) is 9.59 Å². The van der Waals surface area contributed by atoms with Crippen LogP contribution in [0, 0.1) is 0 Å². The Bertz CT molecular complexity index is 609. The summed E-state index contributed by atoms with van der Waals surface area (Å²) in [4.78, 5) is 27.5. The molecule has 0 aliphatic rings. The highest BCUT2D eigenvalue weighted by molar-refractivity contribution is 7.13. The van der Waals surface area contributed by atoms with E-state index < -0.39 is 11.8 Å². The largest absolute Gasteiger partial charge is 0.318 e. The third kappa shape index (κ3) is 3.42. The van der Waals surface area contributed by atoms with E-state index in [4.69, 9.17) is 0 Å². The number of nitrogens with zero attached hydrogens (tertiary/aromatic N) is 1. The summed E-state index contributed by atoms with van der Waals surface area (Å²) >= 11 is 1.26. The second-order valence-corrected chi connectivity index (χ2v) is 5.38. The van der Waals surface area contributed by atoms with E-state index in [0.29, 0.717) is 10.8 Å². The predicted molar refractivity (Wildman–Crippen MR) is 79.9 cm³/mol. The van der Waals surface area contributed by atoms with Crippen LogP contribution in [0.4, 0.5) is 10.8 Å². The number of para-hydroxylation sites is 1. The maximum absolute atomic E-state index is 11.9. The van der Waals surface area contributed by atoms with Gasteiger partial charge in [-0.1, -0.05) is 32.0 Å². The van der Waals surface area contributed by atoms with E-state index in [0.717, 1.165) is 5.56 Å². The number of carbonyl (C=O) groups excluding carboxylic acids is 2. The first-order valence-electron chi connectivity index (χ1n) is 6.18. The van der Waals surface area contributed by atoms with E-state index in [1.807, 2.05) is 32.0 Å². The van der Waals surface area contributed by atoms with Crippen molar-refractivity contribution in [3.8, 4) is 0 Å². The van der Waals surface area contributed by atoms with Gasteiger partial charge in [-0.05, 0) is 17.5 Å². The summed E-state index contributed by atoms with van der Waals surface area (Å²) in [7, 11) is 0. The Morgan fingerprint density at radius 2 is 1.85 bits per heavy atom. The fourth-order valence-electron chi connectivity index (χ4n) is 1.73. The number of hydrogen-bond acceptors (Lipinski definition) is 4. The number of amides is 2. The molecule has 0 saturated carbocycles. The summed E-state index contributed by atoms with van der Waals surface area (Å²) in [5, 5.41) is 7.21. The summed E-state index contributed by atoms with van der Waals surface area (Å²) in [5.41, 5.74) is 1.64. The highest BCUT2D eigenvalue weighted by Crippen LogP contribution is 2.23. The third-order valence-electron chi connectivity index (χ3n) is 2.69. The molecule has 1 aromatic carbocycles. The van der Waals surface area contributed by atoms with Crippen LogP contribution >= 0.6 is 11.3 Å². The van der Waals surface area contributed by atoms with Gasteiger partial charge in [-0.15, -0.1) is 11.3 Å². The van der Waals surface area contributed by atoms with Crippen molar-refractivity contribution in [2.24, 2.45) is 0 Å². The van der Waals surface area contributed by atoms with E-state index >= 15 is 0 Å². The zero-order valence-electron chi connectivity index (χ0n) is 11.2. The molecule has 1 aromatic heterocycles. The van der Waals surface area contributed by atoms with Crippen LogP contribution in [-0.4, -0.2) is 16.8 Å². The fraction of sp³-hybridized carbons (Fsp3) is 0.214. The smallest absolute Gasteiger partial charge is 0.315 e. The molecule has 6 heteroatoms. The van der Waals surface area contributed by atoms with Crippen LogP contribution in [0.15, 0.2) is 35.8 Å². The van der Waals surface area contributed by atoms with Gasteiger partial charge in [0.2, 0.25) is 0 Å². The summed E-state index contributed by atoms with van der Waals surface area (Å²) < 4.78 is 0. The lowest BCUT2D eigenvalue weighted by molar-refractivity contribution is -0.133. The minimum absolute atomic E-state index is 0.258. The minimum Gasteiger partial charge on any atom is -0.318 e. The van der Waals surface area contributed by atoms with Crippen molar-refractivity contribution in [2.75, 3.05) is 10.6 Å². The molecule has 0 bridgehead atoms. The van der Waals surface area contributed by atoms with Crippen molar-refractivity contribution < 1.29 is 9.59 Å². The maximum Gasteiger partial charge on any atom is 0.315 e. The Balaban J connectivity index is 2.06. The van der Waals surface area contributed by atoms with Gasteiger partial charge in [0.25, 0.3) is 0 Å². The Morgan fingerprint density at radius 3 is 2.50 bits per heavy atom. The molecule has 20 heavy (non-hydrogen) atoms. The number of thiazole rings is 1. The molecular weight excluding hydrogens is 274 g/mol. The van der Waals surface area contributed by atoms with Gasteiger partial charge in [0.15, 0.2) is 5.13 Å². The molecule has 2 rings (SSSR count). The molecule has 0 unspecified atom stereocenters. The van der Waals surface area contributed by atoms with E-state index in [1.54, 1.807) is 17.6 Å². The van der Waals surface area contributed by atoms with Crippen LogP contribution < -0.4 is 10.6 Å². The van der Waals surface area contributed by atoms with Gasteiger partial charge in [-0.3, -0.25) is 14.9 Å². The predicted octanol–water partition coefficient (Wildman–Crippen LogP) is 2.84. The lowest BCUT2D eigenvalue weighted by Crippen LogP contribution is -2.29. The fourth-order valence-corrected chi connectivity index (χ4v) is 2.26. The molecule has 1 heterocycles. The van der Waals surface area contributed by atoms with Crippen LogP contribution in [0.1, 0.15) is 25.3 Å². The number of hydrogen-bond donors (Lipinski definition) is 2. The van der Waals surface area contributed by atoms with E-state index in [1.165, 1.54) is 11.3 Å². The van der Waals surface area contributed by atoms with E-state index in [2.05, 4.69) is 15.6 Å². The highest BCUT2D eigenvalue weighted by Gasteiger charge is 2.17. The zero-order chi connectivity index (χ0) is 14.5. The van der Waals surface area contributed by atoms with Gasteiger partial charge in [0, 0.05) is 17.3 Å². The molecule has 104 valence electrons. The van der Waals surface area contributed by atoms with Gasteiger partial charge >= 0.3 is 11.8 Å². The highest BCUT2D eigenvalue weighted by atomic mass is 32.1. The molecule has 0 aliphatic heterocycles. The van der Waals surface area contributed by atoms with Crippen molar-refractivity contribution in [3.05, 3.63) is 41.4 Å². The lowest BCUT2D eigenvalue weighted by atomic mass is 10.0. The lowest BCUT2D eigenvalue weighted by Gasteiger charge is -2.13. The number of carbonyl (C=O) groups is 2. The molecule has 0 spiro atoms. The van der Waals surface area contributed by atoms with Gasteiger partial charge in [-0.25, -0.2) is 4.98 Å². The standard InChI is InChI=1S/C14H15N3O2S/c1-9(2)10-5-3-4-6-11(10)16-12(18)13(19)17-14-15-7-8-20-14/h3-9H,1-2H3,(H,16,18)(H,15,17,19). The molecule has 2 aromatic rings. The van der Waals surface area contributed by atoms with Crippen LogP contribution in [0.25, 0.3) is 0 Å². The molecule has 2 amide bonds. The number of aromatic nitrogens is 1. The summed E-state index contributed by atoms with van der Waals surface area (Å²) in [5.74, 6) is -1.17. The van der Waals surface area contributed by atoms with Crippen LogP contribution in [0.2, 0.25) is 0 Å². The number of rotatable bonds is 3. The van der Waals surface area contributed by atoms with E-state index in [9.17, 15) is 9.59 Å². The first-order chi connectivity index (χ1) is 9.58. The van der Waals surface area contributed by atoms with E-state index in [-0.39, 0.29) is 5.92 Å². The summed E-state index contributed by atoms with van der Waals surface area (Å²) in [6, 6.07) is 7.43. The van der Waals surface area contributed by atoms with Gasteiger partial charge < -0.3 is 5.32 Å². The topological polar surface area (TPSA) is 71.1 Å².